The van der Waals surface area contributed by atoms with Crippen molar-refractivity contribution >= 4 is 0 Å². The van der Waals surface area contributed by atoms with Crippen molar-refractivity contribution in [3.63, 3.8) is 0 Å². The van der Waals surface area contributed by atoms with Crippen molar-refractivity contribution in [3.8, 4) is 0 Å². The van der Waals surface area contributed by atoms with Crippen LogP contribution in [0.4, 0.5) is 0 Å². The van der Waals surface area contributed by atoms with Crippen LogP contribution in [0.2, 0.25) is 0 Å². The van der Waals surface area contributed by atoms with Gasteiger partial charge in [-0.1, -0.05) is 13.8 Å². The van der Waals surface area contributed by atoms with E-state index in [0.717, 1.165) is 19.3 Å². The van der Waals surface area contributed by atoms with Crippen molar-refractivity contribution in [3.05, 3.63) is 0 Å². The van der Waals surface area contributed by atoms with E-state index in [9.17, 15) is 0 Å². The van der Waals surface area contributed by atoms with Crippen LogP contribution in [0.25, 0.3) is 0 Å². The van der Waals surface area contributed by atoms with E-state index >= 15 is 0 Å². The number of hydrogen-bond acceptors (Lipinski definition) is 2. The van der Waals surface area contributed by atoms with Crippen LogP contribution in [-0.2, 0) is 4.74 Å². The summed E-state index contributed by atoms with van der Waals surface area (Å²) >= 11 is 0. The minimum absolute atomic E-state index is 0.572. The largest absolute Gasteiger partial charge is 0.380 e. The fraction of sp³-hybridized carbons (Fsp3) is 1.00. The highest BCUT2D eigenvalue weighted by atomic mass is 16.5. The molecule has 0 saturated carbocycles. The molecule has 0 atom stereocenters. The number of likely N-dealkylation sites (tertiary alicyclic amines) is 1. The zero-order valence-corrected chi connectivity index (χ0v) is 8.88. The van der Waals surface area contributed by atoms with Crippen molar-refractivity contribution in [1.82, 2.24) is 4.90 Å². The molecule has 1 spiro atoms. The second kappa shape index (κ2) is 3.58. The topological polar surface area (TPSA) is 12.5 Å². The molecule has 0 unspecified atom stereocenters. The van der Waals surface area contributed by atoms with Crippen molar-refractivity contribution in [2.75, 3.05) is 26.3 Å². The number of ether oxygens (including phenoxy) is 1. The lowest BCUT2D eigenvalue weighted by molar-refractivity contribution is -0.106. The maximum atomic E-state index is 5.33. The number of hydrogen-bond donors (Lipinski definition) is 0. The molecule has 76 valence electrons. The first-order chi connectivity index (χ1) is 6.29. The van der Waals surface area contributed by atoms with Gasteiger partial charge in [0.1, 0.15) is 0 Å². The summed E-state index contributed by atoms with van der Waals surface area (Å²) in [5.74, 6) is 0. The number of nitrogens with zero attached hydrogens (tertiary/aromatic N) is 1. The lowest BCUT2D eigenvalue weighted by Gasteiger charge is -2.38. The second-order valence-corrected chi connectivity index (χ2v) is 4.68. The minimum atomic E-state index is 0.572. The highest BCUT2D eigenvalue weighted by Gasteiger charge is 2.45. The fourth-order valence-corrected chi connectivity index (χ4v) is 2.71. The van der Waals surface area contributed by atoms with Gasteiger partial charge < -0.3 is 4.74 Å². The quantitative estimate of drug-likeness (QED) is 0.662. The Bertz CT molecular complexity index is 173. The van der Waals surface area contributed by atoms with Crippen molar-refractivity contribution in [1.29, 1.82) is 0 Å². The van der Waals surface area contributed by atoms with Crippen LogP contribution in [0.5, 0.6) is 0 Å². The molecule has 13 heavy (non-hydrogen) atoms. The van der Waals surface area contributed by atoms with E-state index in [0.29, 0.717) is 5.41 Å². The van der Waals surface area contributed by atoms with Crippen molar-refractivity contribution in [2.24, 2.45) is 5.41 Å². The van der Waals surface area contributed by atoms with Gasteiger partial charge in [-0.05, 0) is 25.8 Å². The third-order valence-corrected chi connectivity index (χ3v) is 3.74. The molecule has 2 aliphatic heterocycles. The Kier molecular flexibility index (Phi) is 2.61. The van der Waals surface area contributed by atoms with Crippen LogP contribution >= 0.6 is 0 Å². The first-order valence-electron chi connectivity index (χ1n) is 5.61. The van der Waals surface area contributed by atoms with E-state index in [1.165, 1.54) is 32.4 Å². The lowest BCUT2D eigenvalue weighted by Crippen LogP contribution is -2.45. The molecule has 2 fully saturated rings. The summed E-state index contributed by atoms with van der Waals surface area (Å²) in [6, 6.07) is 0.819. The average Bonchev–Trinajstić information content (AvgIpc) is 2.51. The van der Waals surface area contributed by atoms with Gasteiger partial charge in [0, 0.05) is 18.0 Å². The molecule has 2 saturated heterocycles. The van der Waals surface area contributed by atoms with E-state index in [1.54, 1.807) is 0 Å². The summed E-state index contributed by atoms with van der Waals surface area (Å²) in [6.45, 7) is 9.23. The summed E-state index contributed by atoms with van der Waals surface area (Å²) in [6.07, 6.45) is 3.96. The molecule has 2 aliphatic rings. The van der Waals surface area contributed by atoms with E-state index in [1.807, 2.05) is 0 Å². The van der Waals surface area contributed by atoms with Crippen LogP contribution in [0, 0.1) is 5.41 Å². The zero-order chi connectivity index (χ0) is 9.31. The molecule has 2 rings (SSSR count). The Hall–Kier alpha value is -0.0800. The van der Waals surface area contributed by atoms with Gasteiger partial charge in [-0.3, -0.25) is 4.90 Å². The van der Waals surface area contributed by atoms with Gasteiger partial charge in [0.25, 0.3) is 0 Å². The molecule has 2 heteroatoms. The Morgan fingerprint density at radius 2 is 2.00 bits per heavy atom. The van der Waals surface area contributed by atoms with Gasteiger partial charge in [-0.15, -0.1) is 0 Å². The first kappa shape index (κ1) is 9.47. The zero-order valence-electron chi connectivity index (χ0n) is 8.88. The maximum absolute atomic E-state index is 5.33. The van der Waals surface area contributed by atoms with Gasteiger partial charge in [0.15, 0.2) is 0 Å². The number of rotatable bonds is 3. The Labute approximate surface area is 81.3 Å². The van der Waals surface area contributed by atoms with Gasteiger partial charge >= 0.3 is 0 Å². The van der Waals surface area contributed by atoms with Gasteiger partial charge in [0.2, 0.25) is 0 Å². The lowest BCUT2D eigenvalue weighted by atomic mass is 9.85. The van der Waals surface area contributed by atoms with Crippen LogP contribution in [-0.4, -0.2) is 37.2 Å². The van der Waals surface area contributed by atoms with Gasteiger partial charge in [-0.25, -0.2) is 0 Å². The second-order valence-electron chi connectivity index (χ2n) is 4.68. The molecule has 0 aromatic carbocycles. The fourth-order valence-electron chi connectivity index (χ4n) is 2.71. The standard InChI is InChI=1S/C11H21NO/c1-3-10(4-2)12-6-5-11(7-12)8-13-9-11/h10H,3-9H2,1-2H3. The molecule has 0 radical (unpaired) electrons. The molecule has 2 heterocycles. The van der Waals surface area contributed by atoms with Crippen molar-refractivity contribution in [2.45, 2.75) is 39.2 Å². The third-order valence-electron chi connectivity index (χ3n) is 3.74. The molecular weight excluding hydrogens is 162 g/mol. The first-order valence-corrected chi connectivity index (χ1v) is 5.61. The van der Waals surface area contributed by atoms with Gasteiger partial charge in [0.05, 0.1) is 13.2 Å². The molecule has 0 aliphatic carbocycles. The van der Waals surface area contributed by atoms with E-state index in [4.69, 9.17) is 4.74 Å². The van der Waals surface area contributed by atoms with Crippen LogP contribution in [0.15, 0.2) is 0 Å². The van der Waals surface area contributed by atoms with E-state index in [-0.39, 0.29) is 0 Å². The highest BCUT2D eigenvalue weighted by molar-refractivity contribution is 4.95. The molecule has 0 N–H and O–H groups in total. The van der Waals surface area contributed by atoms with Crippen LogP contribution in [0.3, 0.4) is 0 Å². The highest BCUT2D eigenvalue weighted by Crippen LogP contribution is 2.38. The van der Waals surface area contributed by atoms with E-state index < -0.39 is 0 Å². The van der Waals surface area contributed by atoms with E-state index in [2.05, 4.69) is 18.7 Å². The summed E-state index contributed by atoms with van der Waals surface area (Å²) in [5.41, 5.74) is 0.572. The summed E-state index contributed by atoms with van der Waals surface area (Å²) < 4.78 is 5.33. The summed E-state index contributed by atoms with van der Waals surface area (Å²) in [7, 11) is 0. The van der Waals surface area contributed by atoms with Crippen molar-refractivity contribution < 1.29 is 4.74 Å². The summed E-state index contributed by atoms with van der Waals surface area (Å²) in [5, 5.41) is 0. The monoisotopic (exact) mass is 183 g/mol. The Morgan fingerprint density at radius 3 is 2.38 bits per heavy atom. The molecular formula is C11H21NO. The SMILES string of the molecule is CCC(CC)N1CCC2(COC2)C1. The third kappa shape index (κ3) is 1.62. The van der Waals surface area contributed by atoms with Gasteiger partial charge in [-0.2, -0.15) is 0 Å². The predicted molar refractivity (Wildman–Crippen MR) is 53.8 cm³/mol. The van der Waals surface area contributed by atoms with Crippen LogP contribution in [0.1, 0.15) is 33.1 Å². The predicted octanol–water partition coefficient (Wildman–Crippen LogP) is 1.90. The molecule has 0 bridgehead atoms. The molecule has 0 aromatic rings. The smallest absolute Gasteiger partial charge is 0.0557 e. The van der Waals surface area contributed by atoms with Crippen LogP contribution < -0.4 is 0 Å². The minimum Gasteiger partial charge on any atom is -0.380 e. The Morgan fingerprint density at radius 1 is 1.31 bits per heavy atom. The Balaban J connectivity index is 1.89. The average molecular weight is 183 g/mol. The maximum Gasteiger partial charge on any atom is 0.0557 e. The molecule has 0 amide bonds. The summed E-state index contributed by atoms with van der Waals surface area (Å²) in [4.78, 5) is 2.67. The normalized spacial score (nSPS) is 27.0. The molecule has 0 aromatic heterocycles. The molecule has 2 nitrogen and oxygen atoms in total.